The Morgan fingerprint density at radius 2 is 1.93 bits per heavy atom. The zero-order valence-corrected chi connectivity index (χ0v) is 18.2. The summed E-state index contributed by atoms with van der Waals surface area (Å²) in [6.45, 7) is 5.55. The maximum absolute atomic E-state index is 12.7. The van der Waals surface area contributed by atoms with Gasteiger partial charge in [0, 0.05) is 37.0 Å². The lowest BCUT2D eigenvalue weighted by Crippen LogP contribution is -2.30. The van der Waals surface area contributed by atoms with E-state index >= 15 is 0 Å². The van der Waals surface area contributed by atoms with Gasteiger partial charge in [-0.25, -0.2) is 8.42 Å². The zero-order valence-electron chi connectivity index (χ0n) is 17.3. The molecule has 0 aliphatic carbocycles. The number of benzene rings is 2. The molecule has 1 unspecified atom stereocenters. The summed E-state index contributed by atoms with van der Waals surface area (Å²) in [5.41, 5.74) is 0.843. The van der Waals surface area contributed by atoms with Gasteiger partial charge < -0.3 is 14.8 Å². The van der Waals surface area contributed by atoms with E-state index in [1.165, 1.54) is 16.4 Å². The van der Waals surface area contributed by atoms with Gasteiger partial charge in [-0.1, -0.05) is 26.0 Å². The van der Waals surface area contributed by atoms with Crippen molar-refractivity contribution in [1.29, 1.82) is 0 Å². The molecule has 1 heterocycles. The highest BCUT2D eigenvalue weighted by atomic mass is 32.2. The lowest BCUT2D eigenvalue weighted by Gasteiger charge is -2.18. The molecule has 2 aromatic carbocycles. The van der Waals surface area contributed by atoms with E-state index in [0.717, 1.165) is 19.4 Å². The normalized spacial score (nSPS) is 16.6. The summed E-state index contributed by atoms with van der Waals surface area (Å²) in [4.78, 5) is 12.8. The van der Waals surface area contributed by atoms with Crippen LogP contribution in [0.2, 0.25) is 0 Å². The first kappa shape index (κ1) is 22.3. The lowest BCUT2D eigenvalue weighted by atomic mass is 10.2. The van der Waals surface area contributed by atoms with Crippen LogP contribution in [0.4, 0.5) is 5.69 Å². The molecule has 30 heavy (non-hydrogen) atoms. The van der Waals surface area contributed by atoms with Crippen LogP contribution in [0.1, 0.15) is 37.0 Å². The van der Waals surface area contributed by atoms with Gasteiger partial charge in [0.05, 0.1) is 11.0 Å². The molecule has 0 saturated carbocycles. The van der Waals surface area contributed by atoms with E-state index in [1.807, 2.05) is 6.07 Å². The standard InChI is InChI=1S/C22H28N2O5S/c1-3-24(4-2)30(26,27)21-12-5-8-17(14-21)22(25)23-18-9-6-10-19(15-18)29-16-20-11-7-13-28-20/h5-6,8-10,12,14-15,20H,3-4,7,11,13,16H2,1-2H3,(H,23,25). The van der Waals surface area contributed by atoms with E-state index in [2.05, 4.69) is 5.32 Å². The van der Waals surface area contributed by atoms with Crippen LogP contribution >= 0.6 is 0 Å². The molecule has 7 nitrogen and oxygen atoms in total. The average molecular weight is 433 g/mol. The van der Waals surface area contributed by atoms with E-state index in [9.17, 15) is 13.2 Å². The molecule has 1 fully saturated rings. The molecule has 1 saturated heterocycles. The van der Waals surface area contributed by atoms with E-state index in [0.29, 0.717) is 31.1 Å². The summed E-state index contributed by atoms with van der Waals surface area (Å²) in [6, 6.07) is 13.2. The van der Waals surface area contributed by atoms with Crippen LogP contribution < -0.4 is 10.1 Å². The summed E-state index contributed by atoms with van der Waals surface area (Å²) < 4.78 is 38.1. The van der Waals surface area contributed by atoms with Gasteiger partial charge in [-0.05, 0) is 43.2 Å². The molecular weight excluding hydrogens is 404 g/mol. The third kappa shape index (κ3) is 5.38. The minimum absolute atomic E-state index is 0.104. The Kier molecular flexibility index (Phi) is 7.47. The molecule has 0 spiro atoms. The predicted octanol–water partition coefficient (Wildman–Crippen LogP) is 3.53. The Hall–Kier alpha value is -2.42. The maximum Gasteiger partial charge on any atom is 0.255 e. The van der Waals surface area contributed by atoms with Crippen molar-refractivity contribution in [2.75, 3.05) is 31.6 Å². The van der Waals surface area contributed by atoms with Gasteiger partial charge in [-0.3, -0.25) is 4.79 Å². The Balaban J connectivity index is 1.69. The minimum atomic E-state index is -3.63. The first-order valence-corrected chi connectivity index (χ1v) is 11.6. The minimum Gasteiger partial charge on any atom is -0.491 e. The van der Waals surface area contributed by atoms with Crippen LogP contribution in [0.5, 0.6) is 5.75 Å². The van der Waals surface area contributed by atoms with Gasteiger partial charge in [-0.15, -0.1) is 0 Å². The SMILES string of the molecule is CCN(CC)S(=O)(=O)c1cccc(C(=O)Nc2cccc(OCC3CCCO3)c2)c1. The number of nitrogens with one attached hydrogen (secondary N) is 1. The highest BCUT2D eigenvalue weighted by Crippen LogP contribution is 2.21. The van der Waals surface area contributed by atoms with E-state index in [-0.39, 0.29) is 22.5 Å². The van der Waals surface area contributed by atoms with Crippen LogP contribution in [-0.2, 0) is 14.8 Å². The highest BCUT2D eigenvalue weighted by Gasteiger charge is 2.22. The molecule has 3 rings (SSSR count). The number of carbonyl (C=O) groups excluding carboxylic acids is 1. The molecule has 162 valence electrons. The molecule has 0 radical (unpaired) electrons. The Morgan fingerprint density at radius 3 is 2.63 bits per heavy atom. The second-order valence-electron chi connectivity index (χ2n) is 7.05. The number of amides is 1. The number of rotatable bonds is 9. The predicted molar refractivity (Wildman–Crippen MR) is 115 cm³/mol. The topological polar surface area (TPSA) is 84.9 Å². The van der Waals surface area contributed by atoms with Crippen LogP contribution in [0, 0.1) is 0 Å². The van der Waals surface area contributed by atoms with Crippen LogP contribution in [0.15, 0.2) is 53.4 Å². The van der Waals surface area contributed by atoms with Crippen LogP contribution in [-0.4, -0.2) is 51.0 Å². The van der Waals surface area contributed by atoms with Gasteiger partial charge in [-0.2, -0.15) is 4.31 Å². The third-order valence-corrected chi connectivity index (χ3v) is 7.04. The van der Waals surface area contributed by atoms with E-state index in [1.54, 1.807) is 44.2 Å². The van der Waals surface area contributed by atoms with Gasteiger partial charge in [0.1, 0.15) is 12.4 Å². The Labute approximate surface area is 178 Å². The van der Waals surface area contributed by atoms with E-state index < -0.39 is 10.0 Å². The summed E-state index contributed by atoms with van der Waals surface area (Å²) in [5, 5.41) is 2.80. The average Bonchev–Trinajstić information content (AvgIpc) is 3.27. The fourth-order valence-electron chi connectivity index (χ4n) is 3.34. The largest absolute Gasteiger partial charge is 0.491 e. The van der Waals surface area contributed by atoms with Crippen molar-refractivity contribution < 1.29 is 22.7 Å². The number of anilines is 1. The Morgan fingerprint density at radius 1 is 1.17 bits per heavy atom. The van der Waals surface area contributed by atoms with Gasteiger partial charge in [0.25, 0.3) is 5.91 Å². The molecule has 0 bridgehead atoms. The Bertz CT molecular complexity index is 967. The van der Waals surface area contributed by atoms with Crippen molar-refractivity contribution in [2.45, 2.75) is 37.7 Å². The number of ether oxygens (including phenoxy) is 2. The second kappa shape index (κ2) is 10.1. The summed E-state index contributed by atoms with van der Waals surface area (Å²) >= 11 is 0. The smallest absolute Gasteiger partial charge is 0.255 e. The summed E-state index contributed by atoms with van der Waals surface area (Å²) in [6.07, 6.45) is 2.15. The van der Waals surface area contributed by atoms with Crippen molar-refractivity contribution in [2.24, 2.45) is 0 Å². The van der Waals surface area contributed by atoms with Crippen molar-refractivity contribution in [3.8, 4) is 5.75 Å². The van der Waals surface area contributed by atoms with Crippen molar-refractivity contribution in [3.63, 3.8) is 0 Å². The quantitative estimate of drug-likeness (QED) is 0.655. The number of hydrogen-bond acceptors (Lipinski definition) is 5. The number of nitrogens with zero attached hydrogens (tertiary/aromatic N) is 1. The van der Waals surface area contributed by atoms with Crippen LogP contribution in [0.25, 0.3) is 0 Å². The molecule has 1 N–H and O–H groups in total. The fourth-order valence-corrected chi connectivity index (χ4v) is 4.85. The lowest BCUT2D eigenvalue weighted by molar-refractivity contribution is 0.0680. The van der Waals surface area contributed by atoms with Gasteiger partial charge in [0.2, 0.25) is 10.0 Å². The highest BCUT2D eigenvalue weighted by molar-refractivity contribution is 7.89. The van der Waals surface area contributed by atoms with Crippen LogP contribution in [0.3, 0.4) is 0 Å². The zero-order chi connectivity index (χ0) is 21.6. The molecular formula is C22H28N2O5S. The molecule has 1 aliphatic rings. The third-order valence-electron chi connectivity index (χ3n) is 4.99. The molecule has 1 amide bonds. The van der Waals surface area contributed by atoms with Crippen molar-refractivity contribution >= 4 is 21.6 Å². The number of hydrogen-bond donors (Lipinski definition) is 1. The van der Waals surface area contributed by atoms with Crippen molar-refractivity contribution in [3.05, 3.63) is 54.1 Å². The number of sulfonamides is 1. The fraction of sp³-hybridized carbons (Fsp3) is 0.409. The van der Waals surface area contributed by atoms with E-state index in [4.69, 9.17) is 9.47 Å². The molecule has 1 atom stereocenters. The second-order valence-corrected chi connectivity index (χ2v) is 8.98. The summed E-state index contributed by atoms with van der Waals surface area (Å²) in [7, 11) is -3.63. The summed E-state index contributed by atoms with van der Waals surface area (Å²) in [5.74, 6) is 0.254. The van der Waals surface area contributed by atoms with Gasteiger partial charge >= 0.3 is 0 Å². The monoisotopic (exact) mass is 432 g/mol. The maximum atomic E-state index is 12.7. The first-order valence-electron chi connectivity index (χ1n) is 10.2. The molecule has 0 aromatic heterocycles. The molecule has 2 aromatic rings. The van der Waals surface area contributed by atoms with Crippen molar-refractivity contribution in [1.82, 2.24) is 4.31 Å². The van der Waals surface area contributed by atoms with Gasteiger partial charge in [0.15, 0.2) is 0 Å². The molecule has 1 aliphatic heterocycles. The first-order chi connectivity index (χ1) is 14.4. The number of carbonyl (C=O) groups is 1. The molecule has 8 heteroatoms.